The van der Waals surface area contributed by atoms with Gasteiger partial charge in [0.1, 0.15) is 23.9 Å². The van der Waals surface area contributed by atoms with Crippen LogP contribution >= 0.6 is 0 Å². The molecule has 7 heteroatoms. The highest BCUT2D eigenvalue weighted by molar-refractivity contribution is 6.74. The van der Waals surface area contributed by atoms with E-state index >= 15 is 0 Å². The molecule has 2 heterocycles. The standard InChI is InChI=1S/C17H33NO5Si/c1-16(2,3)23-15(19)18-11-9-20-12(14-13(11)22-14)10-21-24(7,8)17(4,5)6/h11-14H,9-10H2,1-8H3,(H,18,19)/t11-,12+,13-,14+/m0/s1. The second kappa shape index (κ2) is 6.59. The predicted molar refractivity (Wildman–Crippen MR) is 94.7 cm³/mol. The summed E-state index contributed by atoms with van der Waals surface area (Å²) in [5.74, 6) is 0. The third-order valence-electron chi connectivity index (χ3n) is 4.93. The fraction of sp³-hybridized carbons (Fsp3) is 0.941. The Bertz CT molecular complexity index is 469. The van der Waals surface area contributed by atoms with E-state index in [1.807, 2.05) is 20.8 Å². The van der Waals surface area contributed by atoms with Crippen molar-refractivity contribution < 1.29 is 23.4 Å². The molecule has 0 spiro atoms. The number of hydrogen-bond acceptors (Lipinski definition) is 5. The zero-order valence-electron chi connectivity index (χ0n) is 16.3. The normalized spacial score (nSPS) is 30.5. The number of epoxide rings is 1. The van der Waals surface area contributed by atoms with Crippen LogP contribution in [0.1, 0.15) is 41.5 Å². The monoisotopic (exact) mass is 359 g/mol. The Morgan fingerprint density at radius 2 is 1.79 bits per heavy atom. The summed E-state index contributed by atoms with van der Waals surface area (Å²) in [7, 11) is -1.80. The molecule has 1 amide bonds. The summed E-state index contributed by atoms with van der Waals surface area (Å²) in [5.41, 5.74) is -0.511. The van der Waals surface area contributed by atoms with Crippen LogP contribution in [0.2, 0.25) is 18.1 Å². The van der Waals surface area contributed by atoms with E-state index in [1.165, 1.54) is 0 Å². The van der Waals surface area contributed by atoms with Crippen molar-refractivity contribution in [2.24, 2.45) is 0 Å². The molecule has 2 saturated heterocycles. The van der Waals surface area contributed by atoms with Crippen LogP contribution in [-0.2, 0) is 18.6 Å². The Morgan fingerprint density at radius 3 is 2.33 bits per heavy atom. The summed E-state index contributed by atoms with van der Waals surface area (Å²) in [6.45, 7) is 17.6. The van der Waals surface area contributed by atoms with Gasteiger partial charge < -0.3 is 24.0 Å². The molecule has 2 fully saturated rings. The van der Waals surface area contributed by atoms with Gasteiger partial charge in [0, 0.05) is 0 Å². The summed E-state index contributed by atoms with van der Waals surface area (Å²) in [4.78, 5) is 11.9. The molecule has 0 bridgehead atoms. The highest BCUT2D eigenvalue weighted by Gasteiger charge is 2.55. The lowest BCUT2D eigenvalue weighted by Crippen LogP contribution is -2.51. The van der Waals surface area contributed by atoms with E-state index in [4.69, 9.17) is 18.6 Å². The van der Waals surface area contributed by atoms with Gasteiger partial charge in [-0.2, -0.15) is 0 Å². The fourth-order valence-electron chi connectivity index (χ4n) is 2.41. The molecule has 2 rings (SSSR count). The van der Waals surface area contributed by atoms with Gasteiger partial charge in [-0.1, -0.05) is 20.8 Å². The minimum Gasteiger partial charge on any atom is -0.444 e. The topological polar surface area (TPSA) is 69.3 Å². The predicted octanol–water partition coefficient (Wildman–Crippen LogP) is 3.07. The van der Waals surface area contributed by atoms with Crippen molar-refractivity contribution in [2.75, 3.05) is 13.2 Å². The van der Waals surface area contributed by atoms with Crippen LogP contribution in [0.15, 0.2) is 0 Å². The van der Waals surface area contributed by atoms with E-state index in [9.17, 15) is 4.79 Å². The molecule has 2 aliphatic heterocycles. The number of hydrogen-bond donors (Lipinski definition) is 1. The van der Waals surface area contributed by atoms with Crippen molar-refractivity contribution in [3.05, 3.63) is 0 Å². The summed E-state index contributed by atoms with van der Waals surface area (Å²) >= 11 is 0. The molecule has 24 heavy (non-hydrogen) atoms. The van der Waals surface area contributed by atoms with Crippen molar-refractivity contribution in [3.63, 3.8) is 0 Å². The smallest absolute Gasteiger partial charge is 0.408 e. The van der Waals surface area contributed by atoms with Gasteiger partial charge in [0.15, 0.2) is 8.32 Å². The quantitative estimate of drug-likeness (QED) is 0.617. The Hall–Kier alpha value is -0.633. The van der Waals surface area contributed by atoms with Gasteiger partial charge in [0.2, 0.25) is 0 Å². The molecule has 140 valence electrons. The lowest BCUT2D eigenvalue weighted by molar-refractivity contribution is -0.0191. The molecule has 2 aliphatic rings. The fourth-order valence-corrected chi connectivity index (χ4v) is 3.42. The minimum absolute atomic E-state index is 0.000663. The highest BCUT2D eigenvalue weighted by Crippen LogP contribution is 2.39. The Kier molecular flexibility index (Phi) is 5.41. The van der Waals surface area contributed by atoms with Crippen LogP contribution in [-0.4, -0.2) is 57.6 Å². The first-order chi connectivity index (χ1) is 10.8. The van der Waals surface area contributed by atoms with E-state index in [0.29, 0.717) is 13.2 Å². The largest absolute Gasteiger partial charge is 0.444 e. The lowest BCUT2D eigenvalue weighted by Gasteiger charge is -2.37. The van der Waals surface area contributed by atoms with Gasteiger partial charge in [0.25, 0.3) is 0 Å². The number of rotatable bonds is 4. The zero-order valence-corrected chi connectivity index (χ0v) is 17.3. The number of nitrogens with one attached hydrogen (secondary N) is 1. The molecular formula is C17H33NO5Si. The molecule has 0 unspecified atom stereocenters. The summed E-state index contributed by atoms with van der Waals surface area (Å²) in [6.07, 6.45) is -0.482. The molecular weight excluding hydrogens is 326 g/mol. The van der Waals surface area contributed by atoms with E-state index in [2.05, 4.69) is 39.2 Å². The van der Waals surface area contributed by atoms with Crippen LogP contribution in [0.25, 0.3) is 0 Å². The average molecular weight is 360 g/mol. The number of alkyl carbamates (subject to hydrolysis) is 1. The first-order valence-corrected chi connectivity index (χ1v) is 11.6. The van der Waals surface area contributed by atoms with E-state index in [-0.39, 0.29) is 29.4 Å². The molecule has 0 aromatic heterocycles. The van der Waals surface area contributed by atoms with Crippen LogP contribution in [0, 0.1) is 0 Å². The van der Waals surface area contributed by atoms with E-state index in [0.717, 1.165) is 0 Å². The van der Waals surface area contributed by atoms with E-state index < -0.39 is 20.0 Å². The Labute approximate surface area is 146 Å². The van der Waals surface area contributed by atoms with Crippen LogP contribution < -0.4 is 5.32 Å². The van der Waals surface area contributed by atoms with Crippen molar-refractivity contribution >= 4 is 14.4 Å². The first-order valence-electron chi connectivity index (χ1n) is 8.71. The molecule has 0 aromatic rings. The van der Waals surface area contributed by atoms with Crippen LogP contribution in [0.5, 0.6) is 0 Å². The zero-order chi connectivity index (χ0) is 18.3. The van der Waals surface area contributed by atoms with Crippen molar-refractivity contribution in [2.45, 2.75) is 89.6 Å². The van der Waals surface area contributed by atoms with Gasteiger partial charge in [-0.3, -0.25) is 0 Å². The van der Waals surface area contributed by atoms with Crippen molar-refractivity contribution in [3.8, 4) is 0 Å². The second-order valence-electron chi connectivity index (χ2n) is 9.26. The number of carbonyl (C=O) groups excluding carboxylic acids is 1. The molecule has 0 aliphatic carbocycles. The van der Waals surface area contributed by atoms with E-state index in [1.54, 1.807) is 0 Å². The summed E-state index contributed by atoms with van der Waals surface area (Å²) in [6, 6.07) is -0.158. The van der Waals surface area contributed by atoms with Crippen LogP contribution in [0.4, 0.5) is 4.79 Å². The third-order valence-corrected chi connectivity index (χ3v) is 9.43. The van der Waals surface area contributed by atoms with Gasteiger partial charge in [-0.05, 0) is 38.9 Å². The SMILES string of the molecule is CC(C)(C)OC(=O)N[C@H]1CO[C@H](CO[Si](C)(C)C(C)(C)C)[C@H]2O[C@H]21. The van der Waals surface area contributed by atoms with Gasteiger partial charge in [-0.15, -0.1) is 0 Å². The lowest BCUT2D eigenvalue weighted by atomic mass is 10.1. The molecule has 6 nitrogen and oxygen atoms in total. The van der Waals surface area contributed by atoms with Crippen LogP contribution in [0.3, 0.4) is 0 Å². The number of fused-ring (bicyclic) bond motifs is 1. The molecule has 0 saturated carbocycles. The summed E-state index contributed by atoms with van der Waals surface area (Å²) in [5, 5.41) is 3.01. The molecule has 0 aromatic carbocycles. The summed E-state index contributed by atoms with van der Waals surface area (Å²) < 4.78 is 23.1. The number of ether oxygens (including phenoxy) is 3. The maximum absolute atomic E-state index is 11.9. The van der Waals surface area contributed by atoms with Gasteiger partial charge in [-0.25, -0.2) is 4.79 Å². The molecule has 1 N–H and O–H groups in total. The third kappa shape index (κ3) is 4.94. The first kappa shape index (κ1) is 19.7. The highest BCUT2D eigenvalue weighted by atomic mass is 28.4. The number of amides is 1. The maximum atomic E-state index is 11.9. The molecule has 4 atom stereocenters. The average Bonchev–Trinajstić information content (AvgIpc) is 3.14. The van der Waals surface area contributed by atoms with Gasteiger partial charge in [0.05, 0.1) is 19.3 Å². The van der Waals surface area contributed by atoms with Crippen molar-refractivity contribution in [1.82, 2.24) is 5.32 Å². The second-order valence-corrected chi connectivity index (χ2v) is 14.1. The Morgan fingerprint density at radius 1 is 1.17 bits per heavy atom. The molecule has 0 radical (unpaired) electrons. The van der Waals surface area contributed by atoms with Gasteiger partial charge >= 0.3 is 6.09 Å². The Balaban J connectivity index is 1.79. The minimum atomic E-state index is -1.80. The number of carbonyl (C=O) groups is 1. The maximum Gasteiger partial charge on any atom is 0.408 e. The van der Waals surface area contributed by atoms with Crippen molar-refractivity contribution in [1.29, 1.82) is 0 Å².